The minimum absolute atomic E-state index is 0.0839. The molecule has 9 nitrogen and oxygen atoms in total. The van der Waals surface area contributed by atoms with E-state index >= 15 is 0 Å². The third-order valence-corrected chi connectivity index (χ3v) is 7.87. The molecule has 1 aromatic carbocycles. The number of hydrogen-bond acceptors (Lipinski definition) is 8. The van der Waals surface area contributed by atoms with Gasteiger partial charge in [0.25, 0.3) is 5.56 Å². The molecule has 204 valence electrons. The Hall–Kier alpha value is -4.42. The van der Waals surface area contributed by atoms with Gasteiger partial charge in [-0.2, -0.15) is 4.98 Å². The molecule has 2 aliphatic rings. The molecule has 1 saturated heterocycles. The molecule has 1 saturated carbocycles. The third kappa shape index (κ3) is 5.23. The largest absolute Gasteiger partial charge is 0.388 e. The zero-order valence-electron chi connectivity index (χ0n) is 23.0. The smallest absolute Gasteiger partial charge is 0.268 e. The molecule has 2 fully saturated rings. The monoisotopic (exact) mass is 534 g/mol. The maximum atomic E-state index is 13.9. The maximum absolute atomic E-state index is 13.9. The van der Waals surface area contributed by atoms with Crippen LogP contribution >= 0.6 is 0 Å². The Bertz CT molecular complexity index is 1620. The molecule has 0 spiro atoms. The first-order chi connectivity index (χ1) is 19.6. The van der Waals surface area contributed by atoms with Crippen molar-refractivity contribution in [3.8, 4) is 11.8 Å². The lowest BCUT2D eigenvalue weighted by Gasteiger charge is -2.29. The van der Waals surface area contributed by atoms with Crippen molar-refractivity contribution in [1.29, 1.82) is 0 Å². The zero-order chi connectivity index (χ0) is 27.5. The number of rotatable bonds is 5. The van der Waals surface area contributed by atoms with Gasteiger partial charge in [-0.15, -0.1) is 0 Å². The summed E-state index contributed by atoms with van der Waals surface area (Å²) < 4.78 is 1.86. The number of piperazine rings is 1. The molecular weight excluding hydrogens is 500 g/mol. The van der Waals surface area contributed by atoms with Crippen LogP contribution in [0.4, 0.5) is 23.1 Å². The van der Waals surface area contributed by atoms with Gasteiger partial charge in [0.2, 0.25) is 5.95 Å². The van der Waals surface area contributed by atoms with E-state index in [0.717, 1.165) is 79.8 Å². The summed E-state index contributed by atoms with van der Waals surface area (Å²) in [5.74, 6) is 7.46. The van der Waals surface area contributed by atoms with Crippen LogP contribution in [-0.2, 0) is 0 Å². The molecule has 0 atom stereocenters. The van der Waals surface area contributed by atoms with Gasteiger partial charge in [-0.1, -0.05) is 24.7 Å². The highest BCUT2D eigenvalue weighted by Crippen LogP contribution is 2.32. The van der Waals surface area contributed by atoms with Crippen molar-refractivity contribution in [2.45, 2.75) is 38.6 Å². The quantitative estimate of drug-likeness (QED) is 0.328. The van der Waals surface area contributed by atoms with E-state index in [-0.39, 0.29) is 11.6 Å². The number of pyridine rings is 2. The van der Waals surface area contributed by atoms with Crippen LogP contribution in [0.2, 0.25) is 0 Å². The van der Waals surface area contributed by atoms with Crippen LogP contribution < -0.4 is 26.4 Å². The summed E-state index contributed by atoms with van der Waals surface area (Å²) in [6.45, 7) is 5.82. The Kier molecular flexibility index (Phi) is 7.34. The average Bonchev–Trinajstić information content (AvgIpc) is 3.53. The fraction of sp³-hybridized carbons (Fsp3) is 0.355. The van der Waals surface area contributed by atoms with Gasteiger partial charge in [0.05, 0.1) is 17.4 Å². The summed E-state index contributed by atoms with van der Waals surface area (Å²) in [4.78, 5) is 30.3. The minimum atomic E-state index is -0.0839. The Morgan fingerprint density at radius 2 is 1.75 bits per heavy atom. The van der Waals surface area contributed by atoms with E-state index in [9.17, 15) is 4.79 Å². The van der Waals surface area contributed by atoms with Crippen LogP contribution in [0.25, 0.3) is 11.0 Å². The van der Waals surface area contributed by atoms with Gasteiger partial charge in [-0.05, 0) is 61.7 Å². The SMILES string of the molecule is CNc1ccc(C#Cc2c(C)c3cnc(Nc4ccc(N5CCNCC5)cn4)nc3n(C3CCCC3)c2=O)cc1. The zero-order valence-corrected chi connectivity index (χ0v) is 23.0. The number of nitrogens with zero attached hydrogens (tertiary/aromatic N) is 5. The van der Waals surface area contributed by atoms with E-state index < -0.39 is 0 Å². The van der Waals surface area contributed by atoms with Crippen LogP contribution in [0.5, 0.6) is 0 Å². The first-order valence-corrected chi connectivity index (χ1v) is 14.0. The number of aromatic nitrogens is 4. The Balaban J connectivity index is 1.35. The summed E-state index contributed by atoms with van der Waals surface area (Å²) in [5, 5.41) is 10.6. The summed E-state index contributed by atoms with van der Waals surface area (Å²) in [6, 6.07) is 12.0. The highest BCUT2D eigenvalue weighted by molar-refractivity contribution is 5.82. The predicted octanol–water partition coefficient (Wildman–Crippen LogP) is 4.20. The standard InChI is InChI=1S/C31H34N8O/c1-21-26(13-9-22-7-10-23(32-2)11-8-22)30(40)39(24-5-3-4-6-24)29-27(21)20-35-31(37-29)36-28-14-12-25(19-34-28)38-17-15-33-16-18-38/h7-8,10-12,14,19-20,24,32-33H,3-6,15-18H2,1-2H3,(H,34,35,36,37). The Labute approximate surface area is 234 Å². The fourth-order valence-electron chi connectivity index (χ4n) is 5.58. The lowest BCUT2D eigenvalue weighted by atomic mass is 10.1. The molecule has 0 radical (unpaired) electrons. The molecule has 4 heterocycles. The van der Waals surface area contributed by atoms with Gasteiger partial charge in [0.1, 0.15) is 11.5 Å². The van der Waals surface area contributed by atoms with Crippen molar-refractivity contribution >= 4 is 34.2 Å². The molecule has 0 unspecified atom stereocenters. The van der Waals surface area contributed by atoms with Crippen LogP contribution in [0.15, 0.2) is 53.6 Å². The summed E-state index contributed by atoms with van der Waals surface area (Å²) >= 11 is 0. The van der Waals surface area contributed by atoms with Crippen molar-refractivity contribution in [3.05, 3.63) is 75.8 Å². The number of fused-ring (bicyclic) bond motifs is 1. The second kappa shape index (κ2) is 11.4. The third-order valence-electron chi connectivity index (χ3n) is 7.87. The summed E-state index contributed by atoms with van der Waals surface area (Å²) in [6.07, 6.45) is 7.80. The topological polar surface area (TPSA) is 100 Å². The highest BCUT2D eigenvalue weighted by Gasteiger charge is 2.24. The molecule has 3 aromatic heterocycles. The number of nitrogens with one attached hydrogen (secondary N) is 3. The molecule has 9 heteroatoms. The highest BCUT2D eigenvalue weighted by atomic mass is 16.1. The van der Waals surface area contributed by atoms with Gasteiger partial charge in [-0.25, -0.2) is 9.97 Å². The first-order valence-electron chi connectivity index (χ1n) is 14.0. The number of aryl methyl sites for hydroxylation is 1. The van der Waals surface area contributed by atoms with Crippen molar-refractivity contribution in [1.82, 2.24) is 24.8 Å². The van der Waals surface area contributed by atoms with Crippen molar-refractivity contribution in [2.24, 2.45) is 0 Å². The average molecular weight is 535 g/mol. The van der Waals surface area contributed by atoms with Gasteiger partial charge in [-0.3, -0.25) is 9.36 Å². The Morgan fingerprint density at radius 1 is 0.975 bits per heavy atom. The van der Waals surface area contributed by atoms with E-state index in [0.29, 0.717) is 23.0 Å². The Morgan fingerprint density at radius 3 is 2.45 bits per heavy atom. The van der Waals surface area contributed by atoms with Crippen molar-refractivity contribution < 1.29 is 0 Å². The van der Waals surface area contributed by atoms with E-state index in [1.165, 1.54) is 0 Å². The van der Waals surface area contributed by atoms with E-state index in [2.05, 4.69) is 48.7 Å². The van der Waals surface area contributed by atoms with Gasteiger partial charge in [0, 0.05) is 62.1 Å². The fourth-order valence-corrected chi connectivity index (χ4v) is 5.58. The normalized spacial score (nSPS) is 15.6. The maximum Gasteiger partial charge on any atom is 0.268 e. The number of anilines is 4. The molecule has 4 aromatic rings. The van der Waals surface area contributed by atoms with Crippen LogP contribution in [0, 0.1) is 18.8 Å². The van der Waals surface area contributed by atoms with Gasteiger partial charge >= 0.3 is 0 Å². The molecule has 40 heavy (non-hydrogen) atoms. The van der Waals surface area contributed by atoms with E-state index in [1.807, 2.05) is 55.1 Å². The molecule has 0 bridgehead atoms. The van der Waals surface area contributed by atoms with Crippen LogP contribution in [0.1, 0.15) is 48.4 Å². The summed E-state index contributed by atoms with van der Waals surface area (Å²) in [7, 11) is 1.88. The molecule has 1 aliphatic heterocycles. The first kappa shape index (κ1) is 25.8. The minimum Gasteiger partial charge on any atom is -0.388 e. The van der Waals surface area contributed by atoms with E-state index in [4.69, 9.17) is 4.98 Å². The van der Waals surface area contributed by atoms with Crippen LogP contribution in [0.3, 0.4) is 0 Å². The van der Waals surface area contributed by atoms with E-state index in [1.54, 1.807) is 6.20 Å². The lowest BCUT2D eigenvalue weighted by molar-refractivity contribution is 0.515. The molecular formula is C31H34N8O. The molecule has 3 N–H and O–H groups in total. The van der Waals surface area contributed by atoms with Gasteiger partial charge in [0.15, 0.2) is 0 Å². The second-order valence-corrected chi connectivity index (χ2v) is 10.4. The second-order valence-electron chi connectivity index (χ2n) is 10.4. The van der Waals surface area contributed by atoms with Crippen molar-refractivity contribution in [2.75, 3.05) is 48.8 Å². The predicted molar refractivity (Wildman–Crippen MR) is 161 cm³/mol. The number of benzene rings is 1. The van der Waals surface area contributed by atoms with Crippen LogP contribution in [-0.4, -0.2) is 52.7 Å². The molecule has 1 aliphatic carbocycles. The molecule has 6 rings (SSSR count). The lowest BCUT2D eigenvalue weighted by Crippen LogP contribution is -2.43. The van der Waals surface area contributed by atoms with Gasteiger partial charge < -0.3 is 20.9 Å². The van der Waals surface area contributed by atoms with Crippen molar-refractivity contribution in [3.63, 3.8) is 0 Å². The number of hydrogen-bond donors (Lipinski definition) is 3. The molecule has 0 amide bonds. The summed E-state index contributed by atoms with van der Waals surface area (Å²) in [5.41, 5.74) is 4.85.